The van der Waals surface area contributed by atoms with E-state index in [1.165, 1.54) is 6.92 Å². The minimum absolute atomic E-state index is 0.00916. The summed E-state index contributed by atoms with van der Waals surface area (Å²) in [5, 5.41) is 1.68. The molecular weight excluding hydrogens is 301 g/mol. The van der Waals surface area contributed by atoms with Crippen LogP contribution in [0.25, 0.3) is 0 Å². The van der Waals surface area contributed by atoms with Gasteiger partial charge in [-0.25, -0.2) is 4.98 Å². The Labute approximate surface area is 123 Å². The van der Waals surface area contributed by atoms with Gasteiger partial charge in [0.25, 0.3) is 5.91 Å². The van der Waals surface area contributed by atoms with Gasteiger partial charge in [0, 0.05) is 0 Å². The van der Waals surface area contributed by atoms with Gasteiger partial charge in [0.15, 0.2) is 5.01 Å². The Morgan fingerprint density at radius 2 is 1.90 bits per heavy atom. The highest BCUT2D eigenvalue weighted by Gasteiger charge is 2.36. The highest BCUT2D eigenvalue weighted by molar-refractivity contribution is 7.13. The second kappa shape index (κ2) is 5.85. The van der Waals surface area contributed by atoms with Crippen molar-refractivity contribution in [1.29, 1.82) is 0 Å². The minimum atomic E-state index is -4.53. The molecule has 0 spiro atoms. The second-order valence-corrected chi connectivity index (χ2v) is 5.54. The molecule has 1 heterocycles. The topological polar surface area (TPSA) is 42.0 Å². The number of nitrogens with one attached hydrogen (secondary N) is 1. The first-order valence-electron chi connectivity index (χ1n) is 6.19. The van der Waals surface area contributed by atoms with Crippen LogP contribution in [-0.4, -0.2) is 10.9 Å². The summed E-state index contributed by atoms with van der Waals surface area (Å²) in [5.41, 5.74) is 0.967. The zero-order valence-electron chi connectivity index (χ0n) is 11.4. The molecule has 1 amide bonds. The van der Waals surface area contributed by atoms with Crippen molar-refractivity contribution in [3.8, 4) is 0 Å². The molecule has 0 aliphatic carbocycles. The Kier molecular flexibility index (Phi) is 4.32. The first-order valence-corrected chi connectivity index (χ1v) is 7.01. The summed E-state index contributed by atoms with van der Waals surface area (Å²) in [7, 11) is 0. The molecule has 1 aromatic carbocycles. The van der Waals surface area contributed by atoms with Crippen LogP contribution in [0.5, 0.6) is 0 Å². The van der Waals surface area contributed by atoms with Gasteiger partial charge in [0.2, 0.25) is 0 Å². The largest absolute Gasteiger partial charge is 0.443 e. The SMILES string of the molecule is Cc1nc(C(F)(F)F)sc1C(=O)NC(C)c1ccccc1. The van der Waals surface area contributed by atoms with Gasteiger partial charge in [-0.05, 0) is 19.4 Å². The van der Waals surface area contributed by atoms with Crippen LogP contribution in [0.3, 0.4) is 0 Å². The number of halogens is 3. The number of thiazole rings is 1. The van der Waals surface area contributed by atoms with E-state index in [1.54, 1.807) is 6.92 Å². The number of hydrogen-bond acceptors (Lipinski definition) is 3. The Morgan fingerprint density at radius 3 is 2.43 bits per heavy atom. The van der Waals surface area contributed by atoms with E-state index < -0.39 is 17.1 Å². The number of carbonyl (C=O) groups excluding carboxylic acids is 1. The van der Waals surface area contributed by atoms with Crippen LogP contribution >= 0.6 is 11.3 Å². The lowest BCUT2D eigenvalue weighted by atomic mass is 10.1. The average molecular weight is 314 g/mol. The van der Waals surface area contributed by atoms with Crippen LogP contribution in [0.4, 0.5) is 13.2 Å². The lowest BCUT2D eigenvalue weighted by Crippen LogP contribution is -2.26. The number of alkyl halides is 3. The number of carbonyl (C=O) groups is 1. The third-order valence-corrected chi connectivity index (χ3v) is 4.09. The Hall–Kier alpha value is -1.89. The molecule has 1 aromatic heterocycles. The zero-order valence-corrected chi connectivity index (χ0v) is 12.2. The van der Waals surface area contributed by atoms with E-state index in [2.05, 4.69) is 10.3 Å². The van der Waals surface area contributed by atoms with Crippen molar-refractivity contribution < 1.29 is 18.0 Å². The molecule has 3 nitrogen and oxygen atoms in total. The van der Waals surface area contributed by atoms with Crippen LogP contribution in [0.2, 0.25) is 0 Å². The maximum Gasteiger partial charge on any atom is 0.443 e. The fourth-order valence-corrected chi connectivity index (χ4v) is 2.65. The quantitative estimate of drug-likeness (QED) is 0.931. The second-order valence-electron chi connectivity index (χ2n) is 4.54. The maximum atomic E-state index is 12.6. The summed E-state index contributed by atoms with van der Waals surface area (Å²) in [6.07, 6.45) is -4.53. The minimum Gasteiger partial charge on any atom is -0.345 e. The van der Waals surface area contributed by atoms with Gasteiger partial charge in [0.1, 0.15) is 4.88 Å². The van der Waals surface area contributed by atoms with E-state index in [0.717, 1.165) is 5.56 Å². The van der Waals surface area contributed by atoms with Crippen molar-refractivity contribution in [1.82, 2.24) is 10.3 Å². The zero-order chi connectivity index (χ0) is 15.6. The standard InChI is InChI=1S/C14H13F3N2OS/c1-8(10-6-4-3-5-7-10)18-12(20)11-9(2)19-13(21-11)14(15,16)17/h3-8H,1-2H3,(H,18,20). The van der Waals surface area contributed by atoms with Gasteiger partial charge >= 0.3 is 6.18 Å². The molecule has 0 saturated heterocycles. The molecular formula is C14H13F3N2OS. The molecule has 0 bridgehead atoms. The smallest absolute Gasteiger partial charge is 0.345 e. The molecule has 1 N–H and O–H groups in total. The van der Waals surface area contributed by atoms with E-state index in [-0.39, 0.29) is 16.6 Å². The molecule has 1 atom stereocenters. The number of amides is 1. The van der Waals surface area contributed by atoms with Crippen molar-refractivity contribution in [2.75, 3.05) is 0 Å². The normalized spacial score (nSPS) is 13.0. The third-order valence-electron chi connectivity index (χ3n) is 2.89. The summed E-state index contributed by atoms with van der Waals surface area (Å²) in [6, 6.07) is 8.89. The van der Waals surface area contributed by atoms with E-state index in [4.69, 9.17) is 0 Å². The summed E-state index contributed by atoms with van der Waals surface area (Å²) in [4.78, 5) is 15.5. The van der Waals surface area contributed by atoms with E-state index in [9.17, 15) is 18.0 Å². The molecule has 2 rings (SSSR count). The first-order chi connectivity index (χ1) is 9.79. The predicted octanol–water partition coefficient (Wildman–Crippen LogP) is 3.96. The van der Waals surface area contributed by atoms with E-state index >= 15 is 0 Å². The van der Waals surface area contributed by atoms with Crippen LogP contribution in [0.15, 0.2) is 30.3 Å². The Morgan fingerprint density at radius 1 is 1.29 bits per heavy atom. The molecule has 0 radical (unpaired) electrons. The molecule has 0 saturated carbocycles. The molecule has 0 aliphatic heterocycles. The Bertz CT molecular complexity index is 637. The highest BCUT2D eigenvalue weighted by atomic mass is 32.1. The molecule has 7 heteroatoms. The molecule has 21 heavy (non-hydrogen) atoms. The van der Waals surface area contributed by atoms with Crippen molar-refractivity contribution in [2.24, 2.45) is 0 Å². The van der Waals surface area contributed by atoms with Crippen molar-refractivity contribution in [3.05, 3.63) is 51.5 Å². The van der Waals surface area contributed by atoms with Gasteiger partial charge in [0.05, 0.1) is 11.7 Å². The molecule has 2 aromatic rings. The fourth-order valence-electron chi connectivity index (χ4n) is 1.82. The predicted molar refractivity (Wildman–Crippen MR) is 74.2 cm³/mol. The van der Waals surface area contributed by atoms with Crippen molar-refractivity contribution in [2.45, 2.75) is 26.1 Å². The number of rotatable bonds is 3. The lowest BCUT2D eigenvalue weighted by Gasteiger charge is -2.13. The number of aryl methyl sites for hydroxylation is 1. The number of nitrogens with zero attached hydrogens (tertiary/aromatic N) is 1. The monoisotopic (exact) mass is 314 g/mol. The fraction of sp³-hybridized carbons (Fsp3) is 0.286. The summed E-state index contributed by atoms with van der Waals surface area (Å²) in [6.45, 7) is 3.17. The van der Waals surface area contributed by atoms with Gasteiger partial charge in [-0.3, -0.25) is 4.79 Å². The molecule has 0 fully saturated rings. The van der Waals surface area contributed by atoms with Gasteiger partial charge in [-0.15, -0.1) is 11.3 Å². The number of aromatic nitrogens is 1. The van der Waals surface area contributed by atoms with Gasteiger partial charge in [-0.2, -0.15) is 13.2 Å². The number of benzene rings is 1. The van der Waals surface area contributed by atoms with Gasteiger partial charge in [-0.1, -0.05) is 30.3 Å². The van der Waals surface area contributed by atoms with E-state index in [0.29, 0.717) is 11.3 Å². The first kappa shape index (κ1) is 15.5. The maximum absolute atomic E-state index is 12.6. The van der Waals surface area contributed by atoms with Crippen LogP contribution in [0.1, 0.15) is 38.9 Å². The lowest BCUT2D eigenvalue weighted by molar-refractivity contribution is -0.137. The number of hydrogen-bond donors (Lipinski definition) is 1. The highest BCUT2D eigenvalue weighted by Crippen LogP contribution is 2.34. The van der Waals surface area contributed by atoms with Crippen LogP contribution in [-0.2, 0) is 6.18 Å². The third kappa shape index (κ3) is 3.60. The summed E-state index contributed by atoms with van der Waals surface area (Å²) >= 11 is 0.364. The van der Waals surface area contributed by atoms with Gasteiger partial charge < -0.3 is 5.32 Å². The van der Waals surface area contributed by atoms with E-state index in [1.807, 2.05) is 30.3 Å². The molecule has 112 valence electrons. The average Bonchev–Trinajstić information content (AvgIpc) is 2.82. The van der Waals surface area contributed by atoms with Crippen LogP contribution in [0, 0.1) is 6.92 Å². The molecule has 1 unspecified atom stereocenters. The Balaban J connectivity index is 2.16. The summed E-state index contributed by atoms with van der Waals surface area (Å²) in [5.74, 6) is -0.545. The van der Waals surface area contributed by atoms with Crippen molar-refractivity contribution in [3.63, 3.8) is 0 Å². The van der Waals surface area contributed by atoms with Crippen LogP contribution < -0.4 is 5.32 Å². The van der Waals surface area contributed by atoms with Crippen molar-refractivity contribution >= 4 is 17.2 Å². The summed E-state index contributed by atoms with van der Waals surface area (Å²) < 4.78 is 37.8. The molecule has 0 aliphatic rings.